The van der Waals surface area contributed by atoms with Crippen molar-refractivity contribution in [3.8, 4) is 0 Å². The van der Waals surface area contributed by atoms with E-state index in [1.54, 1.807) is 0 Å². The Bertz CT molecular complexity index is 636. The molecular formula is C15H13NO4. The van der Waals surface area contributed by atoms with Crippen molar-refractivity contribution < 1.29 is 14.5 Å². The van der Waals surface area contributed by atoms with Crippen molar-refractivity contribution in [2.75, 3.05) is 0 Å². The SMILES string of the molecule is O=C(O[C@H]1C[C@@H]2C=C[C@H]3C[C@@]123)c1ccc([N+](=O)[O-])cc1. The molecule has 0 amide bonds. The Morgan fingerprint density at radius 3 is 2.55 bits per heavy atom. The lowest BCUT2D eigenvalue weighted by molar-refractivity contribution is -0.384. The van der Waals surface area contributed by atoms with Crippen LogP contribution < -0.4 is 0 Å². The van der Waals surface area contributed by atoms with E-state index in [9.17, 15) is 14.9 Å². The molecule has 0 aromatic heterocycles. The Balaban J connectivity index is 1.45. The number of ether oxygens (including phenoxy) is 1. The van der Waals surface area contributed by atoms with Gasteiger partial charge in [0.2, 0.25) is 0 Å². The maximum absolute atomic E-state index is 12.1. The quantitative estimate of drug-likeness (QED) is 0.367. The number of allylic oxidation sites excluding steroid dienone is 2. The number of hydrogen-bond donors (Lipinski definition) is 0. The first-order valence-corrected chi connectivity index (χ1v) is 6.75. The van der Waals surface area contributed by atoms with Crippen LogP contribution in [0.1, 0.15) is 23.2 Å². The molecule has 0 unspecified atom stereocenters. The summed E-state index contributed by atoms with van der Waals surface area (Å²) < 4.78 is 5.58. The summed E-state index contributed by atoms with van der Waals surface area (Å²) >= 11 is 0. The van der Waals surface area contributed by atoms with Crippen LogP contribution in [-0.2, 0) is 4.74 Å². The molecule has 5 nitrogen and oxygen atoms in total. The molecule has 102 valence electrons. The number of carbonyl (C=O) groups excluding carboxylic acids is 1. The van der Waals surface area contributed by atoms with Gasteiger partial charge in [-0.2, -0.15) is 0 Å². The molecule has 0 aliphatic heterocycles. The molecule has 1 aromatic rings. The number of nitro groups is 1. The molecule has 20 heavy (non-hydrogen) atoms. The molecule has 3 aliphatic rings. The first-order valence-electron chi connectivity index (χ1n) is 6.75. The predicted octanol–water partition coefficient (Wildman–Crippen LogP) is 2.72. The molecule has 0 N–H and O–H groups in total. The van der Waals surface area contributed by atoms with Gasteiger partial charge in [-0.15, -0.1) is 0 Å². The topological polar surface area (TPSA) is 69.4 Å². The van der Waals surface area contributed by atoms with Gasteiger partial charge >= 0.3 is 5.97 Å². The molecule has 0 saturated heterocycles. The normalized spacial score (nSPS) is 35.7. The third kappa shape index (κ3) is 1.40. The predicted molar refractivity (Wildman–Crippen MR) is 70.1 cm³/mol. The minimum atomic E-state index is -0.483. The van der Waals surface area contributed by atoms with Gasteiger partial charge in [-0.1, -0.05) is 12.2 Å². The highest BCUT2D eigenvalue weighted by molar-refractivity contribution is 5.89. The van der Waals surface area contributed by atoms with Gasteiger partial charge in [0.15, 0.2) is 0 Å². The molecule has 1 aromatic carbocycles. The lowest BCUT2D eigenvalue weighted by Crippen LogP contribution is -2.45. The Morgan fingerprint density at radius 1 is 1.25 bits per heavy atom. The summed E-state index contributed by atoms with van der Waals surface area (Å²) in [6, 6.07) is 5.56. The van der Waals surface area contributed by atoms with Crippen molar-refractivity contribution in [2.45, 2.75) is 18.9 Å². The van der Waals surface area contributed by atoms with Crippen molar-refractivity contribution in [1.82, 2.24) is 0 Å². The largest absolute Gasteiger partial charge is 0.458 e. The van der Waals surface area contributed by atoms with E-state index in [0.29, 0.717) is 17.4 Å². The van der Waals surface area contributed by atoms with E-state index in [0.717, 1.165) is 12.8 Å². The van der Waals surface area contributed by atoms with Crippen LogP contribution in [0.4, 0.5) is 5.69 Å². The van der Waals surface area contributed by atoms with E-state index in [1.165, 1.54) is 24.3 Å². The fraction of sp³-hybridized carbons (Fsp3) is 0.400. The second kappa shape index (κ2) is 3.69. The Hall–Kier alpha value is -2.17. The lowest BCUT2D eigenvalue weighted by atomic mass is 9.68. The van der Waals surface area contributed by atoms with Crippen LogP contribution in [0.5, 0.6) is 0 Å². The Morgan fingerprint density at radius 2 is 1.95 bits per heavy atom. The number of nitrogens with zero attached hydrogens (tertiary/aromatic N) is 1. The van der Waals surface area contributed by atoms with E-state index < -0.39 is 4.92 Å². The highest BCUT2D eigenvalue weighted by Gasteiger charge is 2.72. The number of esters is 1. The van der Waals surface area contributed by atoms with Crippen LogP contribution >= 0.6 is 0 Å². The van der Waals surface area contributed by atoms with E-state index in [4.69, 9.17) is 4.74 Å². The molecule has 4 rings (SSSR count). The van der Waals surface area contributed by atoms with Crippen LogP contribution in [0.25, 0.3) is 0 Å². The number of non-ortho nitro benzene ring substituents is 1. The third-order valence-corrected chi connectivity index (χ3v) is 5.00. The van der Waals surface area contributed by atoms with Crippen molar-refractivity contribution in [1.29, 1.82) is 0 Å². The maximum Gasteiger partial charge on any atom is 0.338 e. The van der Waals surface area contributed by atoms with Crippen molar-refractivity contribution in [3.05, 3.63) is 52.1 Å². The Labute approximate surface area is 115 Å². The molecule has 0 heterocycles. The average Bonchev–Trinajstić information content (AvgIpc) is 3.13. The lowest BCUT2D eigenvalue weighted by Gasteiger charge is -2.42. The molecule has 2 fully saturated rings. The summed E-state index contributed by atoms with van der Waals surface area (Å²) in [4.78, 5) is 22.2. The molecule has 5 heteroatoms. The van der Waals surface area contributed by atoms with Crippen LogP contribution in [0.2, 0.25) is 0 Å². The molecule has 0 bridgehead atoms. The van der Waals surface area contributed by atoms with Crippen LogP contribution in [-0.4, -0.2) is 17.0 Å². The zero-order chi connectivity index (χ0) is 13.9. The number of rotatable bonds is 3. The molecule has 3 aliphatic carbocycles. The van der Waals surface area contributed by atoms with Crippen molar-refractivity contribution in [3.63, 3.8) is 0 Å². The van der Waals surface area contributed by atoms with Gasteiger partial charge in [-0.25, -0.2) is 4.79 Å². The number of nitro benzene ring substituents is 1. The summed E-state index contributed by atoms with van der Waals surface area (Å²) in [5.74, 6) is 0.799. The van der Waals surface area contributed by atoms with E-state index >= 15 is 0 Å². The first kappa shape index (κ1) is 11.6. The minimum absolute atomic E-state index is 0.00944. The maximum atomic E-state index is 12.1. The Kier molecular flexibility index (Phi) is 2.14. The average molecular weight is 271 g/mol. The zero-order valence-corrected chi connectivity index (χ0v) is 10.7. The molecule has 2 saturated carbocycles. The summed E-state index contributed by atoms with van der Waals surface area (Å²) in [6.45, 7) is 0. The van der Waals surface area contributed by atoms with E-state index in [2.05, 4.69) is 12.2 Å². The van der Waals surface area contributed by atoms with Crippen molar-refractivity contribution >= 4 is 11.7 Å². The first-order chi connectivity index (χ1) is 9.61. The number of hydrogen-bond acceptors (Lipinski definition) is 4. The smallest absolute Gasteiger partial charge is 0.338 e. The monoisotopic (exact) mass is 271 g/mol. The fourth-order valence-corrected chi connectivity index (χ4v) is 3.71. The highest BCUT2D eigenvalue weighted by atomic mass is 16.6. The van der Waals surface area contributed by atoms with Crippen molar-refractivity contribution in [2.24, 2.45) is 17.3 Å². The number of benzene rings is 1. The van der Waals surface area contributed by atoms with E-state index in [1.807, 2.05) is 0 Å². The van der Waals surface area contributed by atoms with Gasteiger partial charge in [0, 0.05) is 17.5 Å². The number of carbonyl (C=O) groups is 1. The summed E-state index contributed by atoms with van der Waals surface area (Å²) in [7, 11) is 0. The highest BCUT2D eigenvalue weighted by Crippen LogP contribution is 2.73. The zero-order valence-electron chi connectivity index (χ0n) is 10.7. The van der Waals surface area contributed by atoms with Gasteiger partial charge in [0.25, 0.3) is 5.69 Å². The van der Waals surface area contributed by atoms with Gasteiger partial charge < -0.3 is 4.74 Å². The van der Waals surface area contributed by atoms with Gasteiger partial charge in [0.1, 0.15) is 6.10 Å². The van der Waals surface area contributed by atoms with Gasteiger partial charge in [0.05, 0.1) is 10.5 Å². The summed E-state index contributed by atoms with van der Waals surface area (Å²) in [5.41, 5.74) is 0.556. The second-order valence-corrected chi connectivity index (χ2v) is 5.85. The summed E-state index contributed by atoms with van der Waals surface area (Å²) in [6.07, 6.45) is 6.53. The fourth-order valence-electron chi connectivity index (χ4n) is 3.71. The van der Waals surface area contributed by atoms with Gasteiger partial charge in [-0.3, -0.25) is 10.1 Å². The van der Waals surface area contributed by atoms with E-state index in [-0.39, 0.29) is 23.2 Å². The molecule has 1 spiro atoms. The van der Waals surface area contributed by atoms with Gasteiger partial charge in [-0.05, 0) is 36.8 Å². The second-order valence-electron chi connectivity index (χ2n) is 5.85. The molecule has 4 atom stereocenters. The molecule has 0 radical (unpaired) electrons. The minimum Gasteiger partial charge on any atom is -0.458 e. The standard InChI is InChI=1S/C15H13NO4/c17-14(9-1-5-12(6-2-9)16(18)19)20-13-7-10-3-4-11-8-15(10,11)13/h1-6,10-11,13H,7-8H2/t10-,11-,13-,15+/m0/s1. The van der Waals surface area contributed by atoms with Crippen LogP contribution in [0.15, 0.2) is 36.4 Å². The molecular weight excluding hydrogens is 258 g/mol. The van der Waals surface area contributed by atoms with Crippen LogP contribution in [0.3, 0.4) is 0 Å². The summed E-state index contributed by atoms with van der Waals surface area (Å²) in [5, 5.41) is 10.6. The third-order valence-electron chi connectivity index (χ3n) is 5.00. The van der Waals surface area contributed by atoms with Crippen LogP contribution in [0, 0.1) is 27.4 Å².